The number of carbonyl (C=O) groups excluding carboxylic acids is 2. The van der Waals surface area contributed by atoms with Gasteiger partial charge in [0.15, 0.2) is 6.61 Å². The Labute approximate surface area is 151 Å². The number of ether oxygens (including phenoxy) is 1. The highest BCUT2D eigenvalue weighted by molar-refractivity contribution is 7.98. The first-order valence-electron chi connectivity index (χ1n) is 8.18. The molecule has 0 saturated heterocycles. The van der Waals surface area contributed by atoms with Gasteiger partial charge in [0, 0.05) is 12.1 Å². The van der Waals surface area contributed by atoms with E-state index in [2.05, 4.69) is 12.2 Å². The smallest absolute Gasteiger partial charge is 0.338 e. The van der Waals surface area contributed by atoms with Gasteiger partial charge in [0.1, 0.15) is 0 Å². The van der Waals surface area contributed by atoms with Crippen LogP contribution in [0.25, 0.3) is 0 Å². The van der Waals surface area contributed by atoms with Gasteiger partial charge >= 0.3 is 5.97 Å². The van der Waals surface area contributed by atoms with Crippen molar-refractivity contribution in [1.82, 2.24) is 5.32 Å². The predicted octanol–water partition coefficient (Wildman–Crippen LogP) is 3.56. The van der Waals surface area contributed by atoms with Crippen molar-refractivity contribution >= 4 is 29.3 Å². The van der Waals surface area contributed by atoms with E-state index in [0.717, 1.165) is 25.7 Å². The lowest BCUT2D eigenvalue weighted by Gasteiger charge is -2.13. The van der Waals surface area contributed by atoms with Crippen molar-refractivity contribution in [3.63, 3.8) is 0 Å². The maximum Gasteiger partial charge on any atom is 0.338 e. The van der Waals surface area contributed by atoms with Gasteiger partial charge in [0.2, 0.25) is 0 Å². The molecule has 138 valence electrons. The van der Waals surface area contributed by atoms with E-state index >= 15 is 0 Å². The van der Waals surface area contributed by atoms with Gasteiger partial charge < -0.3 is 10.1 Å². The Morgan fingerprint density at radius 3 is 2.68 bits per heavy atom. The second kappa shape index (κ2) is 10.7. The lowest BCUT2D eigenvalue weighted by Crippen LogP contribution is -2.35. The summed E-state index contributed by atoms with van der Waals surface area (Å²) in [6, 6.07) is 4.13. The minimum atomic E-state index is -0.760. The first-order chi connectivity index (χ1) is 11.9. The number of rotatable bonds is 10. The standard InChI is InChI=1S/C17H24N2O5S/c1-4-5-6-7-12(2)18-16(20)11-24-17(21)13-8-9-15(25-3)14(10-13)19(22)23/h8-10,12H,4-7,11H2,1-3H3,(H,18,20)/t12-/m0/s1. The normalized spacial score (nSPS) is 11.6. The Morgan fingerprint density at radius 1 is 1.36 bits per heavy atom. The van der Waals surface area contributed by atoms with E-state index in [1.807, 2.05) is 6.92 Å². The van der Waals surface area contributed by atoms with Crippen molar-refractivity contribution in [2.75, 3.05) is 12.9 Å². The third-order valence-corrected chi connectivity index (χ3v) is 4.38. The molecule has 0 bridgehead atoms. The molecule has 0 saturated carbocycles. The summed E-state index contributed by atoms with van der Waals surface area (Å²) in [6.45, 7) is 3.60. The van der Waals surface area contributed by atoms with Gasteiger partial charge in [-0.3, -0.25) is 14.9 Å². The molecule has 1 N–H and O–H groups in total. The lowest BCUT2D eigenvalue weighted by molar-refractivity contribution is -0.387. The Kier molecular flexibility index (Phi) is 8.98. The second-order valence-electron chi connectivity index (χ2n) is 5.68. The Hall–Kier alpha value is -2.09. The lowest BCUT2D eigenvalue weighted by atomic mass is 10.1. The summed E-state index contributed by atoms with van der Waals surface area (Å²) in [6.07, 6.45) is 5.84. The van der Waals surface area contributed by atoms with Crippen LogP contribution in [0.5, 0.6) is 0 Å². The minimum Gasteiger partial charge on any atom is -0.452 e. The van der Waals surface area contributed by atoms with Gasteiger partial charge in [-0.25, -0.2) is 4.79 Å². The minimum absolute atomic E-state index is 0.0136. The quantitative estimate of drug-likeness (QED) is 0.223. The summed E-state index contributed by atoms with van der Waals surface area (Å²) in [5.74, 6) is -1.14. The maximum absolute atomic E-state index is 12.0. The summed E-state index contributed by atoms with van der Waals surface area (Å²) >= 11 is 1.22. The summed E-state index contributed by atoms with van der Waals surface area (Å²) in [5.41, 5.74) is -0.107. The van der Waals surface area contributed by atoms with Gasteiger partial charge in [-0.2, -0.15) is 0 Å². The number of hydrogen-bond acceptors (Lipinski definition) is 6. The first kappa shape index (κ1) is 21.0. The summed E-state index contributed by atoms with van der Waals surface area (Å²) in [4.78, 5) is 34.7. The number of nitrogens with one attached hydrogen (secondary N) is 1. The fourth-order valence-corrected chi connectivity index (χ4v) is 2.81. The van der Waals surface area contributed by atoms with Crippen LogP contribution in [0, 0.1) is 10.1 Å². The molecule has 1 rings (SSSR count). The third kappa shape index (κ3) is 7.13. The highest BCUT2D eigenvalue weighted by Gasteiger charge is 2.18. The largest absolute Gasteiger partial charge is 0.452 e. The van der Waals surface area contributed by atoms with Crippen molar-refractivity contribution in [2.45, 2.75) is 50.5 Å². The van der Waals surface area contributed by atoms with Crippen LogP contribution in [0.3, 0.4) is 0 Å². The highest BCUT2D eigenvalue weighted by Crippen LogP contribution is 2.28. The summed E-state index contributed by atoms with van der Waals surface area (Å²) in [5, 5.41) is 13.8. The Balaban J connectivity index is 2.55. The number of nitro benzene ring substituents is 1. The molecule has 0 heterocycles. The van der Waals surface area contributed by atoms with Crippen molar-refractivity contribution in [1.29, 1.82) is 0 Å². The third-order valence-electron chi connectivity index (χ3n) is 3.59. The van der Waals surface area contributed by atoms with Crippen LogP contribution in [-0.4, -0.2) is 35.7 Å². The van der Waals surface area contributed by atoms with Crippen LogP contribution in [0.4, 0.5) is 5.69 Å². The SMILES string of the molecule is CCCCC[C@H](C)NC(=O)COC(=O)c1ccc(SC)c([N+](=O)[O-])c1. The van der Waals surface area contributed by atoms with Crippen LogP contribution < -0.4 is 5.32 Å². The zero-order valence-electron chi connectivity index (χ0n) is 14.7. The summed E-state index contributed by atoms with van der Waals surface area (Å²) < 4.78 is 4.94. The van der Waals surface area contributed by atoms with Gasteiger partial charge in [0.25, 0.3) is 11.6 Å². The fourth-order valence-electron chi connectivity index (χ4n) is 2.26. The van der Waals surface area contributed by atoms with Gasteiger partial charge in [-0.15, -0.1) is 11.8 Å². The zero-order chi connectivity index (χ0) is 18.8. The van der Waals surface area contributed by atoms with Crippen LogP contribution in [0.15, 0.2) is 23.1 Å². The number of unbranched alkanes of at least 4 members (excludes halogenated alkanes) is 2. The van der Waals surface area contributed by atoms with E-state index in [4.69, 9.17) is 4.74 Å². The first-order valence-corrected chi connectivity index (χ1v) is 9.40. The van der Waals surface area contributed by atoms with E-state index in [0.29, 0.717) is 4.90 Å². The number of esters is 1. The van der Waals surface area contributed by atoms with E-state index in [-0.39, 0.29) is 23.2 Å². The summed E-state index contributed by atoms with van der Waals surface area (Å²) in [7, 11) is 0. The van der Waals surface area contributed by atoms with Crippen molar-refractivity contribution < 1.29 is 19.2 Å². The molecule has 0 aromatic heterocycles. The Bertz CT molecular complexity index is 621. The second-order valence-corrected chi connectivity index (χ2v) is 6.53. The molecule has 1 aromatic carbocycles. The van der Waals surface area contributed by atoms with E-state index < -0.39 is 17.5 Å². The molecule has 0 unspecified atom stereocenters. The van der Waals surface area contributed by atoms with Crippen LogP contribution >= 0.6 is 11.8 Å². The molecule has 25 heavy (non-hydrogen) atoms. The number of amides is 1. The van der Waals surface area contributed by atoms with Gasteiger partial charge in [-0.1, -0.05) is 26.2 Å². The molecule has 1 amide bonds. The molecule has 0 fully saturated rings. The Morgan fingerprint density at radius 2 is 2.08 bits per heavy atom. The zero-order valence-corrected chi connectivity index (χ0v) is 15.6. The van der Waals surface area contributed by atoms with Crippen molar-refractivity contribution in [3.8, 4) is 0 Å². The molecule has 1 atom stereocenters. The van der Waals surface area contributed by atoms with E-state index in [9.17, 15) is 19.7 Å². The van der Waals surface area contributed by atoms with E-state index in [1.54, 1.807) is 6.26 Å². The van der Waals surface area contributed by atoms with Crippen molar-refractivity contribution in [3.05, 3.63) is 33.9 Å². The fraction of sp³-hybridized carbons (Fsp3) is 0.529. The predicted molar refractivity (Wildman–Crippen MR) is 96.9 cm³/mol. The average Bonchev–Trinajstić information content (AvgIpc) is 2.59. The van der Waals surface area contributed by atoms with Crippen LogP contribution in [0.2, 0.25) is 0 Å². The van der Waals surface area contributed by atoms with Gasteiger partial charge in [0.05, 0.1) is 15.4 Å². The number of thioether (sulfide) groups is 1. The van der Waals surface area contributed by atoms with E-state index in [1.165, 1.54) is 30.0 Å². The molecule has 1 aromatic rings. The topological polar surface area (TPSA) is 98.5 Å². The number of nitro groups is 1. The number of nitrogens with zero attached hydrogens (tertiary/aromatic N) is 1. The molecule has 7 nitrogen and oxygen atoms in total. The van der Waals surface area contributed by atoms with Crippen LogP contribution in [-0.2, 0) is 9.53 Å². The molecule has 0 aliphatic heterocycles. The molecule has 0 aliphatic carbocycles. The molecule has 8 heteroatoms. The molecule has 0 spiro atoms. The monoisotopic (exact) mass is 368 g/mol. The molecular weight excluding hydrogens is 344 g/mol. The molecule has 0 radical (unpaired) electrons. The van der Waals surface area contributed by atoms with Crippen molar-refractivity contribution in [2.24, 2.45) is 0 Å². The average molecular weight is 368 g/mol. The van der Waals surface area contributed by atoms with Gasteiger partial charge in [-0.05, 0) is 31.7 Å². The number of hydrogen-bond donors (Lipinski definition) is 1. The highest BCUT2D eigenvalue weighted by atomic mass is 32.2. The molecular formula is C17H24N2O5S. The maximum atomic E-state index is 12.0. The molecule has 0 aliphatic rings. The number of benzene rings is 1. The van der Waals surface area contributed by atoms with Crippen LogP contribution in [0.1, 0.15) is 49.9 Å². The number of carbonyl (C=O) groups is 2.